The van der Waals surface area contributed by atoms with Crippen molar-refractivity contribution >= 4 is 5.78 Å². The molecule has 7 heavy (non-hydrogen) atoms. The number of halogens is 2. The van der Waals surface area contributed by atoms with Crippen LogP contribution in [0.25, 0.3) is 0 Å². The first-order valence-corrected chi connectivity index (χ1v) is 1.40. The first kappa shape index (κ1) is 6.02. The van der Waals surface area contributed by atoms with Crippen LogP contribution in [0.15, 0.2) is 0 Å². The van der Waals surface area contributed by atoms with Crippen molar-refractivity contribution < 1.29 is 13.6 Å². The summed E-state index contributed by atoms with van der Waals surface area (Å²) in [5.41, 5.74) is 0. The smallest absolute Gasteiger partial charge is 0.276 e. The summed E-state index contributed by atoms with van der Waals surface area (Å²) in [6.45, 7) is 0. The maximum absolute atomic E-state index is 10.9. The van der Waals surface area contributed by atoms with E-state index in [1.807, 2.05) is 0 Å². The van der Waals surface area contributed by atoms with Gasteiger partial charge in [0.25, 0.3) is 5.78 Å². The lowest BCUT2D eigenvalue weighted by atomic mass is 10.5. The predicted molar refractivity (Wildman–Crippen MR) is 16.6 cm³/mol. The second-order valence-electron chi connectivity index (χ2n) is 0.777. The highest BCUT2D eigenvalue weighted by molar-refractivity contribution is 5.95. The number of nitrogens with zero attached hydrogens (tertiary/aromatic N) is 1. The molecule has 0 aliphatic heterocycles. The molecule has 0 heterocycles. The van der Waals surface area contributed by atoms with Gasteiger partial charge in [-0.25, -0.2) is 8.78 Å². The van der Waals surface area contributed by atoms with Crippen molar-refractivity contribution in [3.63, 3.8) is 0 Å². The molecular formula is C3HF2NO. The number of hydrogen-bond acceptors (Lipinski definition) is 2. The van der Waals surface area contributed by atoms with Crippen LogP contribution >= 0.6 is 0 Å². The molecule has 4 heteroatoms. The molecule has 0 saturated carbocycles. The molecule has 0 rings (SSSR count). The molecule has 0 aromatic heterocycles. The predicted octanol–water partition coefficient (Wildman–Crippen LogP) is 0.344. The van der Waals surface area contributed by atoms with Crippen LogP contribution in [0, 0.1) is 11.3 Å². The first-order chi connectivity index (χ1) is 3.18. The van der Waals surface area contributed by atoms with Gasteiger partial charge in [0.1, 0.15) is 6.07 Å². The van der Waals surface area contributed by atoms with Gasteiger partial charge in [-0.1, -0.05) is 0 Å². The highest BCUT2D eigenvalue weighted by Crippen LogP contribution is 1.90. The van der Waals surface area contributed by atoms with E-state index in [1.165, 1.54) is 0 Å². The van der Waals surface area contributed by atoms with Gasteiger partial charge in [-0.05, 0) is 0 Å². The molecule has 0 aliphatic carbocycles. The highest BCUT2D eigenvalue weighted by atomic mass is 19.3. The summed E-state index contributed by atoms with van der Waals surface area (Å²) in [6.07, 6.45) is -3.13. The minimum atomic E-state index is -3.13. The Morgan fingerprint density at radius 2 is 2.14 bits per heavy atom. The monoisotopic (exact) mass is 105 g/mol. The van der Waals surface area contributed by atoms with Crippen molar-refractivity contribution in [3.05, 3.63) is 0 Å². The Morgan fingerprint density at radius 1 is 1.71 bits per heavy atom. The maximum atomic E-state index is 10.9. The number of Topliss-reactive ketones (excluding diaryl/α,β-unsaturated/α-hetero) is 1. The van der Waals surface area contributed by atoms with Gasteiger partial charge in [-0.3, -0.25) is 4.79 Å². The molecule has 0 aromatic rings. The van der Waals surface area contributed by atoms with Gasteiger partial charge in [0.05, 0.1) is 0 Å². The van der Waals surface area contributed by atoms with Crippen LogP contribution in [0.2, 0.25) is 0 Å². The van der Waals surface area contributed by atoms with Gasteiger partial charge in [0.2, 0.25) is 0 Å². The van der Waals surface area contributed by atoms with Crippen molar-refractivity contribution in [3.8, 4) is 6.07 Å². The summed E-state index contributed by atoms with van der Waals surface area (Å²) >= 11 is 0. The Morgan fingerprint density at radius 3 is 2.14 bits per heavy atom. The van der Waals surface area contributed by atoms with E-state index < -0.39 is 12.2 Å². The van der Waals surface area contributed by atoms with Crippen LogP contribution in [-0.2, 0) is 4.79 Å². The molecule has 2 nitrogen and oxygen atoms in total. The van der Waals surface area contributed by atoms with Crippen LogP contribution in [-0.4, -0.2) is 12.2 Å². The topological polar surface area (TPSA) is 40.9 Å². The molecule has 0 radical (unpaired) electrons. The van der Waals surface area contributed by atoms with E-state index in [-0.39, 0.29) is 0 Å². The Bertz CT molecular complexity index is 115. The van der Waals surface area contributed by atoms with Crippen molar-refractivity contribution in [1.82, 2.24) is 0 Å². The Kier molecular flexibility index (Phi) is 1.93. The van der Waals surface area contributed by atoms with Gasteiger partial charge in [-0.2, -0.15) is 5.26 Å². The Hall–Kier alpha value is -0.980. The third kappa shape index (κ3) is 1.82. The normalized spacial score (nSPS) is 8.29. The number of ketones is 1. The fraction of sp³-hybridized carbons (Fsp3) is 0.333. The maximum Gasteiger partial charge on any atom is 0.310 e. The van der Waals surface area contributed by atoms with Crippen molar-refractivity contribution in [2.24, 2.45) is 0 Å². The molecular weight excluding hydrogens is 104 g/mol. The average Bonchev–Trinajstić information content (AvgIpc) is 1.65. The van der Waals surface area contributed by atoms with Crippen molar-refractivity contribution in [2.75, 3.05) is 0 Å². The molecule has 38 valence electrons. The summed E-state index contributed by atoms with van der Waals surface area (Å²) in [4.78, 5) is 9.40. The van der Waals surface area contributed by atoms with E-state index in [2.05, 4.69) is 0 Å². The third-order valence-corrected chi connectivity index (χ3v) is 0.308. The lowest BCUT2D eigenvalue weighted by molar-refractivity contribution is -0.123. The minimum absolute atomic E-state index is 0.775. The molecule has 0 atom stereocenters. The Balaban J connectivity index is 3.64. The van der Waals surface area contributed by atoms with Crippen LogP contribution in [0.3, 0.4) is 0 Å². The van der Waals surface area contributed by atoms with E-state index in [9.17, 15) is 13.6 Å². The van der Waals surface area contributed by atoms with Gasteiger partial charge in [0.15, 0.2) is 0 Å². The van der Waals surface area contributed by atoms with Crippen LogP contribution in [0.1, 0.15) is 0 Å². The standard InChI is InChI=1S/C3HF2NO/c4-3(5)2(7)1-6/h3H. The molecule has 0 saturated heterocycles. The molecule has 0 bridgehead atoms. The van der Waals surface area contributed by atoms with Crippen LogP contribution in [0.5, 0.6) is 0 Å². The lowest BCUT2D eigenvalue weighted by Crippen LogP contribution is -2.04. The van der Waals surface area contributed by atoms with E-state index in [0.29, 0.717) is 0 Å². The summed E-state index contributed by atoms with van der Waals surface area (Å²) in [6, 6.07) is 0.775. The molecule has 0 amide bonds. The van der Waals surface area contributed by atoms with Gasteiger partial charge in [-0.15, -0.1) is 0 Å². The minimum Gasteiger partial charge on any atom is -0.276 e. The third-order valence-electron chi connectivity index (χ3n) is 0.308. The quantitative estimate of drug-likeness (QED) is 0.451. The highest BCUT2D eigenvalue weighted by Gasteiger charge is 2.12. The summed E-state index contributed by atoms with van der Waals surface area (Å²) in [5.74, 6) is -1.68. The van der Waals surface area contributed by atoms with Crippen molar-refractivity contribution in [2.45, 2.75) is 6.43 Å². The number of carbonyl (C=O) groups excluding carboxylic acids is 1. The summed E-state index contributed by atoms with van der Waals surface area (Å²) < 4.78 is 21.7. The zero-order chi connectivity index (χ0) is 5.86. The Labute approximate surface area is 38.4 Å². The van der Waals surface area contributed by atoms with E-state index in [1.54, 1.807) is 0 Å². The van der Waals surface area contributed by atoms with Gasteiger partial charge < -0.3 is 0 Å². The fourth-order valence-corrected chi connectivity index (χ4v) is 0.0488. The lowest BCUT2D eigenvalue weighted by Gasteiger charge is -1.79. The molecule has 0 spiro atoms. The fourth-order valence-electron chi connectivity index (χ4n) is 0.0488. The van der Waals surface area contributed by atoms with Gasteiger partial charge in [0, 0.05) is 0 Å². The van der Waals surface area contributed by atoms with E-state index in [4.69, 9.17) is 5.26 Å². The molecule has 0 unspecified atom stereocenters. The molecule has 0 aliphatic rings. The van der Waals surface area contributed by atoms with Crippen LogP contribution in [0.4, 0.5) is 8.78 Å². The first-order valence-electron chi connectivity index (χ1n) is 1.40. The summed E-state index contributed by atoms with van der Waals surface area (Å²) in [5, 5.41) is 7.43. The molecule has 0 aromatic carbocycles. The number of alkyl halides is 2. The van der Waals surface area contributed by atoms with E-state index >= 15 is 0 Å². The average molecular weight is 105 g/mol. The number of hydrogen-bond donors (Lipinski definition) is 0. The number of rotatable bonds is 1. The zero-order valence-electron chi connectivity index (χ0n) is 3.19. The van der Waals surface area contributed by atoms with E-state index in [0.717, 1.165) is 6.07 Å². The van der Waals surface area contributed by atoms with Gasteiger partial charge >= 0.3 is 6.43 Å². The van der Waals surface area contributed by atoms with Crippen molar-refractivity contribution in [1.29, 1.82) is 5.26 Å². The molecule has 0 fully saturated rings. The number of nitriles is 1. The second kappa shape index (κ2) is 2.24. The largest absolute Gasteiger partial charge is 0.310 e. The second-order valence-corrected chi connectivity index (χ2v) is 0.777. The van der Waals surface area contributed by atoms with Crippen LogP contribution < -0.4 is 0 Å². The molecule has 0 N–H and O–H groups in total. The number of carbonyl (C=O) groups is 1. The zero-order valence-corrected chi connectivity index (χ0v) is 3.19. The summed E-state index contributed by atoms with van der Waals surface area (Å²) in [7, 11) is 0. The SMILES string of the molecule is N#CC(=O)C(F)F.